The van der Waals surface area contributed by atoms with Gasteiger partial charge in [0.1, 0.15) is 5.75 Å². The molecule has 1 aliphatic rings. The molecular weight excluding hydrogens is 374 g/mol. The lowest BCUT2D eigenvalue weighted by Gasteiger charge is -2.11. The third-order valence-electron chi connectivity index (χ3n) is 3.82. The van der Waals surface area contributed by atoms with Gasteiger partial charge in [-0.05, 0) is 25.1 Å². The molecule has 2 aromatic rings. The van der Waals surface area contributed by atoms with Gasteiger partial charge in [0, 0.05) is 0 Å². The van der Waals surface area contributed by atoms with E-state index >= 15 is 0 Å². The first-order chi connectivity index (χ1) is 12.9. The minimum Gasteiger partial charge on any atom is -0.495 e. The third-order valence-corrected chi connectivity index (χ3v) is 4.12. The van der Waals surface area contributed by atoms with Gasteiger partial charge in [-0.1, -0.05) is 29.8 Å². The van der Waals surface area contributed by atoms with Crippen molar-refractivity contribution in [2.75, 3.05) is 12.1 Å². The average Bonchev–Trinajstić information content (AvgIpc) is 2.94. The second-order valence-electron chi connectivity index (χ2n) is 5.58. The molecule has 1 aliphatic heterocycles. The molecule has 0 bridgehead atoms. The Kier molecular flexibility index (Phi) is 5.13. The number of azo groups is 1. The highest BCUT2D eigenvalue weighted by molar-refractivity contribution is 6.32. The quantitative estimate of drug-likeness (QED) is 0.436. The third kappa shape index (κ3) is 3.63. The molecule has 0 saturated carbocycles. The summed E-state index contributed by atoms with van der Waals surface area (Å²) in [4.78, 5) is 23.2. The lowest BCUT2D eigenvalue weighted by atomic mass is 10.2. The Balaban J connectivity index is 1.91. The van der Waals surface area contributed by atoms with Crippen LogP contribution in [-0.4, -0.2) is 29.7 Å². The summed E-state index contributed by atoms with van der Waals surface area (Å²) >= 11 is 6.01. The van der Waals surface area contributed by atoms with E-state index in [-0.39, 0.29) is 22.1 Å². The number of anilines is 1. The van der Waals surface area contributed by atoms with Gasteiger partial charge in [-0.3, -0.25) is 14.9 Å². The molecule has 0 aliphatic carbocycles. The monoisotopic (exact) mass is 387 g/mol. The number of nitro benzene ring substituents is 1. The van der Waals surface area contributed by atoms with Crippen LogP contribution in [0, 0.1) is 10.1 Å². The summed E-state index contributed by atoms with van der Waals surface area (Å²) < 4.78 is 4.98. The number of para-hydroxylation sites is 1. The maximum absolute atomic E-state index is 12.6. The number of nitrogens with zero attached hydrogens (tertiary/aromatic N) is 5. The first-order valence-corrected chi connectivity index (χ1v) is 8.17. The Labute approximate surface area is 159 Å². The van der Waals surface area contributed by atoms with Crippen LogP contribution in [0.15, 0.2) is 57.8 Å². The van der Waals surface area contributed by atoms with Gasteiger partial charge < -0.3 is 4.74 Å². The van der Waals surface area contributed by atoms with Gasteiger partial charge >= 0.3 is 5.69 Å². The van der Waals surface area contributed by atoms with Crippen molar-refractivity contribution >= 4 is 40.3 Å². The van der Waals surface area contributed by atoms with E-state index in [4.69, 9.17) is 16.3 Å². The Morgan fingerprint density at radius 2 is 2.00 bits per heavy atom. The maximum Gasteiger partial charge on any atom is 0.300 e. The van der Waals surface area contributed by atoms with Crippen molar-refractivity contribution in [2.45, 2.75) is 13.0 Å². The smallest absolute Gasteiger partial charge is 0.300 e. The minimum absolute atomic E-state index is 0.0791. The summed E-state index contributed by atoms with van der Waals surface area (Å²) in [6.45, 7) is 1.64. The number of rotatable bonds is 5. The number of methoxy groups -OCH3 is 1. The summed E-state index contributed by atoms with van der Waals surface area (Å²) in [6, 6.07) is 10.3. The minimum atomic E-state index is -0.967. The molecule has 9 nitrogen and oxygen atoms in total. The van der Waals surface area contributed by atoms with Crippen LogP contribution in [0.25, 0.3) is 0 Å². The Morgan fingerprint density at radius 1 is 1.30 bits per heavy atom. The van der Waals surface area contributed by atoms with Crippen molar-refractivity contribution in [2.24, 2.45) is 15.3 Å². The largest absolute Gasteiger partial charge is 0.495 e. The second kappa shape index (κ2) is 7.50. The van der Waals surface area contributed by atoms with Crippen molar-refractivity contribution in [3.05, 3.63) is 57.6 Å². The van der Waals surface area contributed by atoms with Crippen molar-refractivity contribution < 1.29 is 14.5 Å². The zero-order chi connectivity index (χ0) is 19.6. The van der Waals surface area contributed by atoms with E-state index in [9.17, 15) is 14.9 Å². The van der Waals surface area contributed by atoms with E-state index in [0.717, 1.165) is 6.07 Å². The summed E-state index contributed by atoms with van der Waals surface area (Å²) in [5.74, 6) is -0.253. The van der Waals surface area contributed by atoms with Crippen LogP contribution in [0.2, 0.25) is 5.02 Å². The summed E-state index contributed by atoms with van der Waals surface area (Å²) in [7, 11) is 1.35. The number of hydrazone groups is 1. The maximum atomic E-state index is 12.6. The average molecular weight is 388 g/mol. The van der Waals surface area contributed by atoms with Crippen molar-refractivity contribution in [3.63, 3.8) is 0 Å². The van der Waals surface area contributed by atoms with Crippen LogP contribution >= 0.6 is 11.6 Å². The predicted molar refractivity (Wildman–Crippen MR) is 100.0 cm³/mol. The summed E-state index contributed by atoms with van der Waals surface area (Å²) in [5.41, 5.74) is 0.609. The van der Waals surface area contributed by atoms with Gasteiger partial charge in [0.05, 0.1) is 34.5 Å². The molecule has 0 radical (unpaired) electrons. The molecule has 0 N–H and O–H groups in total. The molecule has 1 unspecified atom stereocenters. The fourth-order valence-corrected chi connectivity index (χ4v) is 2.71. The molecule has 0 saturated heterocycles. The summed E-state index contributed by atoms with van der Waals surface area (Å²) in [6.07, 6.45) is 0. The van der Waals surface area contributed by atoms with Crippen molar-refractivity contribution in [1.29, 1.82) is 0 Å². The molecule has 3 rings (SSSR count). The molecule has 138 valence electrons. The number of hydrogen-bond acceptors (Lipinski definition) is 7. The molecule has 1 atom stereocenters. The number of amides is 1. The van der Waals surface area contributed by atoms with E-state index in [1.165, 1.54) is 18.2 Å². The van der Waals surface area contributed by atoms with Gasteiger partial charge in [-0.25, -0.2) is 0 Å². The highest BCUT2D eigenvalue weighted by Crippen LogP contribution is 2.38. The first kappa shape index (κ1) is 18.5. The van der Waals surface area contributed by atoms with Crippen LogP contribution in [-0.2, 0) is 4.79 Å². The van der Waals surface area contributed by atoms with E-state index in [2.05, 4.69) is 15.3 Å². The number of ether oxygens (including phenoxy) is 1. The Bertz CT molecular complexity index is 961. The number of halogens is 1. The Morgan fingerprint density at radius 3 is 2.63 bits per heavy atom. The van der Waals surface area contributed by atoms with E-state index in [1.54, 1.807) is 31.2 Å². The first-order valence-electron chi connectivity index (χ1n) is 7.79. The van der Waals surface area contributed by atoms with E-state index in [1.807, 2.05) is 6.07 Å². The highest BCUT2D eigenvalue weighted by atomic mass is 35.5. The lowest BCUT2D eigenvalue weighted by Crippen LogP contribution is -2.29. The topological polar surface area (TPSA) is 110 Å². The zero-order valence-corrected chi connectivity index (χ0v) is 15.1. The number of carbonyl (C=O) groups excluding carboxylic acids is 1. The van der Waals surface area contributed by atoms with Crippen molar-refractivity contribution in [1.82, 2.24) is 0 Å². The molecule has 10 heteroatoms. The molecular formula is C17H14ClN5O4. The molecule has 0 fully saturated rings. The molecule has 1 amide bonds. The molecule has 0 aromatic heterocycles. The van der Waals surface area contributed by atoms with Crippen LogP contribution in [0.4, 0.5) is 17.1 Å². The number of carbonyl (C=O) groups is 1. The standard InChI is InChI=1S/C17H14ClN5O4/c1-10-16(17(24)22(21-10)11-6-4-3-5-7-11)20-19-13-8-12(18)15(27-2)9-14(13)23(25)26/h3-9,16H,1-2H3. The number of benzene rings is 2. The van der Waals surface area contributed by atoms with E-state index in [0.29, 0.717) is 11.4 Å². The van der Waals surface area contributed by atoms with Gasteiger partial charge in [-0.2, -0.15) is 15.2 Å². The van der Waals surface area contributed by atoms with Gasteiger partial charge in [0.25, 0.3) is 5.91 Å². The number of nitro groups is 1. The van der Waals surface area contributed by atoms with Crippen LogP contribution in [0.5, 0.6) is 5.75 Å². The molecule has 0 spiro atoms. The lowest BCUT2D eigenvalue weighted by molar-refractivity contribution is -0.384. The highest BCUT2D eigenvalue weighted by Gasteiger charge is 2.35. The summed E-state index contributed by atoms with van der Waals surface area (Å²) in [5, 5.41) is 24.7. The van der Waals surface area contributed by atoms with Crippen LogP contribution in [0.3, 0.4) is 0 Å². The molecule has 1 heterocycles. The normalized spacial score (nSPS) is 16.7. The fourth-order valence-electron chi connectivity index (χ4n) is 2.48. The molecule has 27 heavy (non-hydrogen) atoms. The second-order valence-corrected chi connectivity index (χ2v) is 5.98. The van der Waals surface area contributed by atoms with Gasteiger partial charge in [0.2, 0.25) is 0 Å². The Hall–Kier alpha value is -3.33. The van der Waals surface area contributed by atoms with Gasteiger partial charge in [0.15, 0.2) is 11.7 Å². The van der Waals surface area contributed by atoms with Crippen LogP contribution in [0.1, 0.15) is 6.92 Å². The fraction of sp³-hybridized carbons (Fsp3) is 0.176. The van der Waals surface area contributed by atoms with Crippen LogP contribution < -0.4 is 9.75 Å². The molecule has 2 aromatic carbocycles. The number of hydrogen-bond donors (Lipinski definition) is 0. The predicted octanol–water partition coefficient (Wildman–Crippen LogP) is 4.13. The SMILES string of the molecule is COc1cc([N+](=O)[O-])c(N=NC2C(=O)N(c3ccccc3)N=C2C)cc1Cl. The van der Waals surface area contributed by atoms with Gasteiger partial charge in [-0.15, -0.1) is 5.11 Å². The van der Waals surface area contributed by atoms with E-state index < -0.39 is 16.9 Å². The zero-order valence-electron chi connectivity index (χ0n) is 14.4. The van der Waals surface area contributed by atoms with Crippen molar-refractivity contribution in [3.8, 4) is 5.75 Å².